The van der Waals surface area contributed by atoms with Gasteiger partial charge < -0.3 is 15.1 Å². The molecule has 2 aromatic rings. The summed E-state index contributed by atoms with van der Waals surface area (Å²) in [7, 11) is 0. The highest BCUT2D eigenvalue weighted by Crippen LogP contribution is 2.23. The Labute approximate surface area is 183 Å². The number of amides is 1. The van der Waals surface area contributed by atoms with Crippen LogP contribution in [0.1, 0.15) is 59.3 Å². The molecule has 0 unspecified atom stereocenters. The van der Waals surface area contributed by atoms with Crippen molar-refractivity contribution >= 4 is 11.7 Å². The minimum Gasteiger partial charge on any atom is -0.366 e. The highest BCUT2D eigenvalue weighted by Gasteiger charge is 2.29. The third-order valence-electron chi connectivity index (χ3n) is 6.64. The van der Waals surface area contributed by atoms with Crippen molar-refractivity contribution in [2.75, 3.05) is 31.5 Å². The van der Waals surface area contributed by atoms with Gasteiger partial charge in [0.05, 0.1) is 0 Å². The monoisotopic (exact) mass is 425 g/mol. The van der Waals surface area contributed by atoms with Crippen molar-refractivity contribution in [1.29, 1.82) is 0 Å². The van der Waals surface area contributed by atoms with Crippen molar-refractivity contribution in [3.63, 3.8) is 0 Å². The van der Waals surface area contributed by atoms with E-state index in [0.29, 0.717) is 29.7 Å². The van der Waals surface area contributed by atoms with E-state index in [0.717, 1.165) is 37.1 Å². The van der Waals surface area contributed by atoms with Crippen LogP contribution in [-0.4, -0.2) is 57.9 Å². The van der Waals surface area contributed by atoms with Gasteiger partial charge in [0.1, 0.15) is 23.7 Å². The minimum absolute atomic E-state index is 0.0265. The molecule has 2 saturated heterocycles. The van der Waals surface area contributed by atoms with Gasteiger partial charge in [-0.05, 0) is 69.8 Å². The third kappa shape index (κ3) is 5.03. The van der Waals surface area contributed by atoms with Gasteiger partial charge in [-0.2, -0.15) is 0 Å². The molecule has 0 radical (unpaired) electrons. The number of nitrogens with one attached hydrogen (secondary N) is 1. The Hall–Kier alpha value is -2.54. The predicted molar refractivity (Wildman–Crippen MR) is 120 cm³/mol. The molecule has 0 aliphatic carbocycles. The van der Waals surface area contributed by atoms with Crippen molar-refractivity contribution in [3.05, 3.63) is 52.7 Å². The Balaban J connectivity index is 1.38. The fourth-order valence-electron chi connectivity index (χ4n) is 4.64. The van der Waals surface area contributed by atoms with Crippen LogP contribution < -0.4 is 5.32 Å². The molecule has 6 nitrogen and oxygen atoms in total. The minimum atomic E-state index is -0.220. The number of hydrogen-bond acceptors (Lipinski definition) is 5. The molecule has 166 valence electrons. The Morgan fingerprint density at radius 1 is 1.10 bits per heavy atom. The Morgan fingerprint density at radius 2 is 1.84 bits per heavy atom. The van der Waals surface area contributed by atoms with Crippen LogP contribution in [0.5, 0.6) is 0 Å². The van der Waals surface area contributed by atoms with Gasteiger partial charge in [0.25, 0.3) is 5.91 Å². The topological polar surface area (TPSA) is 61.4 Å². The second-order valence-corrected chi connectivity index (χ2v) is 8.75. The molecule has 0 spiro atoms. The molecule has 1 amide bonds. The summed E-state index contributed by atoms with van der Waals surface area (Å²) in [5.41, 5.74) is 2.63. The number of likely N-dealkylation sites (tertiary alicyclic amines) is 2. The first-order chi connectivity index (χ1) is 15.0. The first-order valence-electron chi connectivity index (χ1n) is 11.4. The number of carbonyl (C=O) groups is 1. The second kappa shape index (κ2) is 9.73. The number of hydrogen-bond donors (Lipinski definition) is 1. The molecule has 3 heterocycles. The molecule has 0 saturated carbocycles. The SMILES string of the molecule is Cc1ccc(CNc2ncnc(C(=O)N3CCC(N4CCCCC4)CC3)c2C)cc1F. The van der Waals surface area contributed by atoms with E-state index < -0.39 is 0 Å². The number of benzene rings is 1. The van der Waals surface area contributed by atoms with Crippen LogP contribution in [0.4, 0.5) is 10.2 Å². The summed E-state index contributed by atoms with van der Waals surface area (Å²) >= 11 is 0. The standard InChI is InChI=1S/C24H32FN5O/c1-17-6-7-19(14-21(17)25)15-26-23-18(2)22(27-16-28-23)24(31)30-12-8-20(9-13-30)29-10-4-3-5-11-29/h6-7,14,16,20H,3-5,8-13,15H2,1-2H3,(H,26,27,28). The Morgan fingerprint density at radius 3 is 2.55 bits per heavy atom. The van der Waals surface area contributed by atoms with E-state index in [1.807, 2.05) is 17.9 Å². The van der Waals surface area contributed by atoms with Gasteiger partial charge in [-0.15, -0.1) is 0 Å². The zero-order valence-electron chi connectivity index (χ0n) is 18.5. The zero-order valence-corrected chi connectivity index (χ0v) is 18.5. The molecule has 1 aromatic carbocycles. The van der Waals surface area contributed by atoms with Gasteiger partial charge in [-0.25, -0.2) is 14.4 Å². The van der Waals surface area contributed by atoms with Gasteiger partial charge in [-0.3, -0.25) is 4.79 Å². The number of halogens is 1. The average Bonchev–Trinajstić information content (AvgIpc) is 2.81. The molecular formula is C24H32FN5O. The summed E-state index contributed by atoms with van der Waals surface area (Å²) in [4.78, 5) is 26.3. The molecule has 7 heteroatoms. The largest absolute Gasteiger partial charge is 0.366 e. The van der Waals surface area contributed by atoms with Crippen LogP contribution in [-0.2, 0) is 6.54 Å². The van der Waals surface area contributed by atoms with Gasteiger partial charge in [-0.1, -0.05) is 18.6 Å². The summed E-state index contributed by atoms with van der Waals surface area (Å²) in [5, 5.41) is 3.23. The quantitative estimate of drug-likeness (QED) is 0.786. The van der Waals surface area contributed by atoms with Crippen LogP contribution in [0.15, 0.2) is 24.5 Å². The van der Waals surface area contributed by atoms with E-state index in [1.165, 1.54) is 44.7 Å². The molecule has 0 bridgehead atoms. The van der Waals surface area contributed by atoms with E-state index >= 15 is 0 Å². The first kappa shape index (κ1) is 21.7. The number of anilines is 1. The normalized spacial score (nSPS) is 18.2. The third-order valence-corrected chi connectivity index (χ3v) is 6.64. The molecule has 2 fully saturated rings. The van der Waals surface area contributed by atoms with Crippen molar-refractivity contribution in [2.24, 2.45) is 0 Å². The van der Waals surface area contributed by atoms with Gasteiger partial charge in [0.15, 0.2) is 0 Å². The molecule has 0 atom stereocenters. The van der Waals surface area contributed by atoms with Crippen LogP contribution in [0, 0.1) is 19.7 Å². The molecule has 2 aliphatic rings. The number of rotatable bonds is 5. The smallest absolute Gasteiger partial charge is 0.272 e. The maximum atomic E-state index is 13.8. The second-order valence-electron chi connectivity index (χ2n) is 8.75. The van der Waals surface area contributed by atoms with Crippen LogP contribution in [0.2, 0.25) is 0 Å². The highest BCUT2D eigenvalue weighted by molar-refractivity contribution is 5.94. The van der Waals surface area contributed by atoms with Gasteiger partial charge in [0.2, 0.25) is 0 Å². The number of nitrogens with zero attached hydrogens (tertiary/aromatic N) is 4. The summed E-state index contributed by atoms with van der Waals surface area (Å²) in [5.74, 6) is 0.367. The van der Waals surface area contributed by atoms with Crippen molar-refractivity contribution < 1.29 is 9.18 Å². The maximum Gasteiger partial charge on any atom is 0.272 e. The molecular weight excluding hydrogens is 393 g/mol. The lowest BCUT2D eigenvalue weighted by atomic mass is 9.99. The van der Waals surface area contributed by atoms with Crippen molar-refractivity contribution in [2.45, 2.75) is 58.5 Å². The molecule has 31 heavy (non-hydrogen) atoms. The Kier molecular flexibility index (Phi) is 6.80. The van der Waals surface area contributed by atoms with E-state index in [-0.39, 0.29) is 11.7 Å². The van der Waals surface area contributed by atoms with Crippen LogP contribution in [0.25, 0.3) is 0 Å². The van der Waals surface area contributed by atoms with Crippen LogP contribution >= 0.6 is 0 Å². The molecule has 4 rings (SSSR count). The van der Waals surface area contributed by atoms with E-state index in [9.17, 15) is 9.18 Å². The highest BCUT2D eigenvalue weighted by atomic mass is 19.1. The number of carbonyl (C=O) groups excluding carboxylic acids is 1. The summed E-state index contributed by atoms with van der Waals surface area (Å²) in [6.45, 7) is 7.99. The predicted octanol–water partition coefficient (Wildman–Crippen LogP) is 3.94. The summed E-state index contributed by atoms with van der Waals surface area (Å²) in [6.07, 6.45) is 7.42. The van der Waals surface area contributed by atoms with Gasteiger partial charge in [0, 0.05) is 31.2 Å². The van der Waals surface area contributed by atoms with Crippen molar-refractivity contribution in [1.82, 2.24) is 19.8 Å². The Bertz CT molecular complexity index is 920. The van der Waals surface area contributed by atoms with Crippen molar-refractivity contribution in [3.8, 4) is 0 Å². The molecule has 1 aromatic heterocycles. The molecule has 2 aliphatic heterocycles. The van der Waals surface area contributed by atoms with E-state index in [4.69, 9.17) is 0 Å². The fourth-order valence-corrected chi connectivity index (χ4v) is 4.64. The van der Waals surface area contributed by atoms with Gasteiger partial charge >= 0.3 is 0 Å². The summed E-state index contributed by atoms with van der Waals surface area (Å²) in [6, 6.07) is 5.78. The lowest BCUT2D eigenvalue weighted by Crippen LogP contribution is -2.48. The maximum absolute atomic E-state index is 13.8. The zero-order chi connectivity index (χ0) is 21.8. The number of piperidine rings is 2. The number of aromatic nitrogens is 2. The fraction of sp³-hybridized carbons (Fsp3) is 0.542. The van der Waals surface area contributed by atoms with Crippen LogP contribution in [0.3, 0.4) is 0 Å². The summed E-state index contributed by atoms with van der Waals surface area (Å²) < 4.78 is 13.8. The number of aryl methyl sites for hydroxylation is 1. The lowest BCUT2D eigenvalue weighted by Gasteiger charge is -2.40. The van der Waals surface area contributed by atoms with E-state index in [1.54, 1.807) is 13.0 Å². The first-order valence-corrected chi connectivity index (χ1v) is 11.4. The molecule has 1 N–H and O–H groups in total. The average molecular weight is 426 g/mol. The lowest BCUT2D eigenvalue weighted by molar-refractivity contribution is 0.0584. The van der Waals surface area contributed by atoms with E-state index in [2.05, 4.69) is 20.2 Å².